The zero-order valence-electron chi connectivity index (χ0n) is 54.2. The Morgan fingerprint density at radius 2 is 1.05 bits per heavy atom. The maximum Gasteiger partial charge on any atom is 0.140 e. The van der Waals surface area contributed by atoms with Gasteiger partial charge in [0.25, 0.3) is 0 Å². The number of hydrogen-bond donors (Lipinski definition) is 0. The van der Waals surface area contributed by atoms with Crippen molar-refractivity contribution in [3.05, 3.63) is 258 Å². The van der Waals surface area contributed by atoms with E-state index >= 15 is 0 Å². The fourth-order valence-electron chi connectivity index (χ4n) is 10.1. The van der Waals surface area contributed by atoms with E-state index in [4.69, 9.17) is 15.7 Å². The van der Waals surface area contributed by atoms with E-state index in [1.165, 1.54) is 4.90 Å². The predicted octanol–water partition coefficient (Wildman–Crippen LogP) is 17.6. The lowest BCUT2D eigenvalue weighted by molar-refractivity contribution is 0.447. The van der Waals surface area contributed by atoms with E-state index in [-0.39, 0.29) is 31.2 Å². The van der Waals surface area contributed by atoms with Gasteiger partial charge >= 0.3 is 0 Å². The Balaban J connectivity index is 1.25. The summed E-state index contributed by atoms with van der Waals surface area (Å²) in [5, 5.41) is 2.00. The SMILES string of the molecule is [2H]c1c([2H])c([2H])c(-c2c([2H])c([2H])c(N(c3cc4c(c5ccccc35)Oc3c(ccc5ccccc35)C43c4ccccc4-c4ccccc43)c3c([2H])c([2H])c([2H])c4sc5c([2H])c([2H])c([2H])c([2H])c5c34)c([2H])c2-c2c([2H])c([2H])c([2H])c([2H])c2[2H])c([2H])c1[2H]. The molecule has 2 heterocycles. The van der Waals surface area contributed by atoms with Crippen molar-refractivity contribution in [2.45, 2.75) is 5.41 Å². The van der Waals surface area contributed by atoms with Crippen LogP contribution in [0.1, 0.15) is 49.7 Å². The van der Waals surface area contributed by atoms with Gasteiger partial charge in [-0.2, -0.15) is 0 Å². The van der Waals surface area contributed by atoms with Crippen LogP contribution in [0.4, 0.5) is 17.1 Å². The molecule has 1 aromatic heterocycles. The average Bonchev–Trinajstić information content (AvgIpc) is 2.84. The number of anilines is 3. The Morgan fingerprint density at radius 1 is 0.424 bits per heavy atom. The fraction of sp³-hybridized carbons (Fsp3) is 0.0159. The van der Waals surface area contributed by atoms with Crippen LogP contribution in [-0.4, -0.2) is 0 Å². The summed E-state index contributed by atoms with van der Waals surface area (Å²) in [4.78, 5) is 1.22. The molecule has 1 aliphatic heterocycles. The highest BCUT2D eigenvalue weighted by Gasteiger charge is 2.52. The zero-order chi connectivity index (χ0) is 60.8. The van der Waals surface area contributed by atoms with Crippen molar-refractivity contribution in [1.29, 1.82) is 0 Å². The molecule has 0 N–H and O–H groups in total. The Hall–Kier alpha value is -8.24. The molecule has 14 rings (SSSR count). The lowest BCUT2D eigenvalue weighted by Gasteiger charge is -2.41. The first-order chi connectivity index (χ1) is 41.1. The standard InChI is InChI=1S/C63H39NOS/c1-3-18-40(19-4-1)44-36-35-43(38-51(44)41-20-5-2-6-21-41)64(56-31-17-33-59-60(56)50-28-13-16-32-58(50)66-59)57-39-55-62(49-27-10-9-26-48(49)57)65-61-45-23-8-7-22-42(45)34-37-54(61)63(55)52-29-14-11-24-46(52)47-25-12-15-30-53(47)63/h1-39H/i1D,2D,3D,4D,5D,6D,13D,16D,17D,18D,19D,20D,21D,28D,31D,32D,33D,35D,36D,38D. The maximum absolute atomic E-state index is 10.8. The average molecular weight is 878 g/mol. The van der Waals surface area contributed by atoms with E-state index in [0.29, 0.717) is 28.0 Å². The molecule has 0 radical (unpaired) electrons. The van der Waals surface area contributed by atoms with Gasteiger partial charge in [0, 0.05) is 53.1 Å². The Kier molecular flexibility index (Phi) is 4.92. The lowest BCUT2D eigenvalue weighted by Crippen LogP contribution is -2.32. The Bertz CT molecular complexity index is 5030. The van der Waals surface area contributed by atoms with Crippen molar-refractivity contribution < 1.29 is 32.2 Å². The molecule has 2 nitrogen and oxygen atoms in total. The minimum Gasteiger partial charge on any atom is -0.455 e. The quantitative estimate of drug-likeness (QED) is 0.171. The van der Waals surface area contributed by atoms with Crippen LogP contribution in [0.15, 0.2) is 236 Å². The molecular formula is C63H39NOS. The molecule has 0 bridgehead atoms. The second kappa shape index (κ2) is 14.4. The van der Waals surface area contributed by atoms with Crippen molar-refractivity contribution in [2.24, 2.45) is 0 Å². The van der Waals surface area contributed by atoms with Gasteiger partial charge in [-0.25, -0.2) is 0 Å². The first-order valence-electron chi connectivity index (χ1n) is 31.0. The van der Waals surface area contributed by atoms with Gasteiger partial charge in [-0.3, -0.25) is 0 Å². The van der Waals surface area contributed by atoms with Crippen LogP contribution in [0.5, 0.6) is 11.5 Å². The number of hydrogen-bond acceptors (Lipinski definition) is 3. The highest BCUT2D eigenvalue weighted by Crippen LogP contribution is 2.65. The first kappa shape index (κ1) is 22.6. The van der Waals surface area contributed by atoms with Crippen LogP contribution in [0.2, 0.25) is 0 Å². The largest absolute Gasteiger partial charge is 0.455 e. The third kappa shape index (κ3) is 5.23. The molecule has 66 heavy (non-hydrogen) atoms. The van der Waals surface area contributed by atoms with E-state index < -0.39 is 160 Å². The minimum absolute atomic E-state index is 0.00418. The molecule has 0 amide bonds. The zero-order valence-corrected chi connectivity index (χ0v) is 35.0. The summed E-state index contributed by atoms with van der Waals surface area (Å²) < 4.78 is 194. The molecule has 0 saturated heterocycles. The Labute approximate surface area is 415 Å². The summed E-state index contributed by atoms with van der Waals surface area (Å²) in [5.41, 5.74) is -0.739. The van der Waals surface area contributed by atoms with Gasteiger partial charge in [0.2, 0.25) is 0 Å². The number of nitrogens with zero attached hydrogens (tertiary/aromatic N) is 1. The van der Waals surface area contributed by atoms with Crippen LogP contribution in [-0.2, 0) is 5.41 Å². The third-order valence-electron chi connectivity index (χ3n) is 12.7. The fourth-order valence-corrected chi connectivity index (χ4v) is 11.1. The smallest absolute Gasteiger partial charge is 0.140 e. The first-order valence-corrected chi connectivity index (χ1v) is 21.9. The van der Waals surface area contributed by atoms with E-state index in [1.54, 1.807) is 30.3 Å². The van der Waals surface area contributed by atoms with E-state index in [1.807, 2.05) is 84.9 Å². The molecule has 1 aliphatic carbocycles. The van der Waals surface area contributed by atoms with Gasteiger partial charge < -0.3 is 9.64 Å². The van der Waals surface area contributed by atoms with Crippen LogP contribution < -0.4 is 9.64 Å². The normalized spacial score (nSPS) is 17.3. The van der Waals surface area contributed by atoms with Crippen molar-refractivity contribution in [3.63, 3.8) is 0 Å². The molecule has 1 spiro atoms. The van der Waals surface area contributed by atoms with Gasteiger partial charge in [0.15, 0.2) is 0 Å². The minimum atomic E-state index is -1.29. The van der Waals surface area contributed by atoms with Crippen LogP contribution in [0, 0.1) is 0 Å². The summed E-state index contributed by atoms with van der Waals surface area (Å²) >= 11 is 0.762. The lowest BCUT2D eigenvalue weighted by atomic mass is 9.65. The monoisotopic (exact) mass is 877 g/mol. The molecule has 3 heteroatoms. The molecular weight excluding hydrogens is 819 g/mol. The van der Waals surface area contributed by atoms with Crippen LogP contribution in [0.25, 0.3) is 75.1 Å². The number of rotatable bonds is 5. The summed E-state index contributed by atoms with van der Waals surface area (Å²) in [6, 6.07) is 20.2. The van der Waals surface area contributed by atoms with Crippen LogP contribution >= 0.6 is 11.3 Å². The highest BCUT2D eigenvalue weighted by atomic mass is 32.1. The van der Waals surface area contributed by atoms with Crippen molar-refractivity contribution in [3.8, 4) is 44.9 Å². The molecule has 0 saturated carbocycles. The predicted molar refractivity (Wildman–Crippen MR) is 277 cm³/mol. The number of benzene rings is 11. The van der Waals surface area contributed by atoms with Crippen molar-refractivity contribution in [2.75, 3.05) is 4.90 Å². The molecule has 12 aromatic rings. The van der Waals surface area contributed by atoms with E-state index in [9.17, 15) is 16.4 Å². The molecule has 0 atom stereocenters. The molecule has 0 unspecified atom stereocenters. The molecule has 0 fully saturated rings. The summed E-state index contributed by atoms with van der Waals surface area (Å²) in [6.07, 6.45) is 0. The number of thiophene rings is 1. The molecule has 11 aromatic carbocycles. The summed E-state index contributed by atoms with van der Waals surface area (Å²) in [5.74, 6) is 0.909. The van der Waals surface area contributed by atoms with Gasteiger partial charge in [0.1, 0.15) is 11.5 Å². The third-order valence-corrected chi connectivity index (χ3v) is 13.8. The summed E-state index contributed by atoms with van der Waals surface area (Å²) in [6.45, 7) is 0. The highest BCUT2D eigenvalue weighted by molar-refractivity contribution is 7.26. The molecule has 308 valence electrons. The number of ether oxygens (including phenoxy) is 1. The second-order valence-corrected chi connectivity index (χ2v) is 17.0. The van der Waals surface area contributed by atoms with Crippen LogP contribution in [0.3, 0.4) is 0 Å². The van der Waals surface area contributed by atoms with Gasteiger partial charge in [-0.15, -0.1) is 11.3 Å². The van der Waals surface area contributed by atoms with E-state index in [0.717, 1.165) is 44.4 Å². The van der Waals surface area contributed by atoms with E-state index in [2.05, 4.69) is 0 Å². The van der Waals surface area contributed by atoms with Crippen molar-refractivity contribution >= 4 is 70.1 Å². The van der Waals surface area contributed by atoms with Crippen molar-refractivity contribution in [1.82, 2.24) is 0 Å². The van der Waals surface area contributed by atoms with Gasteiger partial charge in [-0.1, -0.05) is 200 Å². The second-order valence-electron chi connectivity index (χ2n) is 16.0. The number of fused-ring (bicyclic) bond motifs is 16. The summed E-state index contributed by atoms with van der Waals surface area (Å²) in [7, 11) is 0. The molecule has 2 aliphatic rings. The maximum atomic E-state index is 10.8. The Morgan fingerprint density at radius 3 is 1.82 bits per heavy atom. The van der Waals surface area contributed by atoms with Gasteiger partial charge in [-0.05, 0) is 86.2 Å². The topological polar surface area (TPSA) is 12.5 Å². The van der Waals surface area contributed by atoms with Gasteiger partial charge in [0.05, 0.1) is 44.2 Å².